The van der Waals surface area contributed by atoms with E-state index >= 15 is 0 Å². The molecule has 0 unspecified atom stereocenters. The van der Waals surface area contributed by atoms with Crippen LogP contribution in [0.5, 0.6) is 0 Å². The third-order valence-electron chi connectivity index (χ3n) is 2.48. The number of pyridine rings is 1. The summed E-state index contributed by atoms with van der Waals surface area (Å²) in [4.78, 5) is 14.7. The normalized spacial score (nSPS) is 10.5. The highest BCUT2D eigenvalue weighted by Crippen LogP contribution is 2.17. The van der Waals surface area contributed by atoms with Crippen LogP contribution < -0.4 is 0 Å². The average Bonchev–Trinajstić information content (AvgIpc) is 3.09. The Hall–Kier alpha value is -2.96. The molecule has 0 saturated carbocycles. The van der Waals surface area contributed by atoms with Crippen LogP contribution >= 0.6 is 0 Å². The van der Waals surface area contributed by atoms with Crippen molar-refractivity contribution in [2.45, 2.75) is 0 Å². The first-order valence-corrected chi connectivity index (χ1v) is 5.40. The van der Waals surface area contributed by atoms with Crippen LogP contribution in [0.2, 0.25) is 0 Å². The molecule has 94 valence electrons. The second-order valence-electron chi connectivity index (χ2n) is 3.73. The highest BCUT2D eigenvalue weighted by Gasteiger charge is 2.12. The molecule has 3 heterocycles. The topological polar surface area (TPSA) is 94.0 Å². The van der Waals surface area contributed by atoms with Crippen LogP contribution in [-0.4, -0.2) is 31.1 Å². The minimum atomic E-state index is -1.13. The molecule has 0 aliphatic carbocycles. The standard InChI is InChI=1S/C12H8N4O3/c17-12(18)10-3-4-11(19-10)16-7-9(14-15-16)8-2-1-5-13-6-8/h1-7H,(H,17,18). The summed E-state index contributed by atoms with van der Waals surface area (Å²) in [7, 11) is 0. The zero-order valence-corrected chi connectivity index (χ0v) is 9.59. The highest BCUT2D eigenvalue weighted by atomic mass is 16.4. The Morgan fingerprint density at radius 2 is 2.21 bits per heavy atom. The van der Waals surface area contributed by atoms with Crippen LogP contribution in [0.3, 0.4) is 0 Å². The lowest BCUT2D eigenvalue weighted by molar-refractivity contribution is 0.0662. The van der Waals surface area contributed by atoms with Crippen LogP contribution in [0.1, 0.15) is 10.6 Å². The fourth-order valence-corrected chi connectivity index (χ4v) is 1.58. The van der Waals surface area contributed by atoms with Gasteiger partial charge in [0, 0.05) is 24.0 Å². The lowest BCUT2D eigenvalue weighted by Gasteiger charge is -1.93. The van der Waals surface area contributed by atoms with E-state index in [4.69, 9.17) is 9.52 Å². The van der Waals surface area contributed by atoms with Crippen molar-refractivity contribution in [1.29, 1.82) is 0 Å². The number of carboxylic acids is 1. The number of nitrogens with zero attached hydrogens (tertiary/aromatic N) is 4. The monoisotopic (exact) mass is 256 g/mol. The molecule has 3 rings (SSSR count). The van der Waals surface area contributed by atoms with Crippen molar-refractivity contribution in [1.82, 2.24) is 20.0 Å². The maximum atomic E-state index is 10.7. The van der Waals surface area contributed by atoms with E-state index in [9.17, 15) is 4.79 Å². The Morgan fingerprint density at radius 3 is 2.89 bits per heavy atom. The van der Waals surface area contributed by atoms with Gasteiger partial charge in [0.2, 0.25) is 11.6 Å². The van der Waals surface area contributed by atoms with E-state index in [0.29, 0.717) is 11.6 Å². The van der Waals surface area contributed by atoms with Crippen LogP contribution in [0, 0.1) is 0 Å². The van der Waals surface area contributed by atoms with Gasteiger partial charge in [-0.1, -0.05) is 5.21 Å². The van der Waals surface area contributed by atoms with Gasteiger partial charge in [0.05, 0.1) is 6.20 Å². The van der Waals surface area contributed by atoms with E-state index in [1.54, 1.807) is 24.7 Å². The fraction of sp³-hybridized carbons (Fsp3) is 0. The summed E-state index contributed by atoms with van der Waals surface area (Å²) in [5.74, 6) is -0.979. The molecular weight excluding hydrogens is 248 g/mol. The van der Waals surface area contributed by atoms with E-state index in [-0.39, 0.29) is 5.76 Å². The lowest BCUT2D eigenvalue weighted by Crippen LogP contribution is -1.94. The predicted octanol–water partition coefficient (Wildman–Crippen LogP) is 1.62. The van der Waals surface area contributed by atoms with Crippen molar-refractivity contribution < 1.29 is 14.3 Å². The number of aromatic carboxylic acids is 1. The maximum absolute atomic E-state index is 10.7. The van der Waals surface area contributed by atoms with Crippen molar-refractivity contribution in [3.8, 4) is 17.1 Å². The van der Waals surface area contributed by atoms with Gasteiger partial charge in [0.1, 0.15) is 5.69 Å². The molecular formula is C12H8N4O3. The summed E-state index contributed by atoms with van der Waals surface area (Å²) < 4.78 is 6.50. The Morgan fingerprint density at radius 1 is 1.32 bits per heavy atom. The summed E-state index contributed by atoms with van der Waals surface area (Å²) in [6.45, 7) is 0. The summed E-state index contributed by atoms with van der Waals surface area (Å²) in [6.07, 6.45) is 4.97. The fourth-order valence-electron chi connectivity index (χ4n) is 1.58. The molecule has 0 amide bonds. The molecule has 7 heteroatoms. The molecule has 0 spiro atoms. The van der Waals surface area contributed by atoms with E-state index in [0.717, 1.165) is 5.56 Å². The summed E-state index contributed by atoms with van der Waals surface area (Å²) >= 11 is 0. The van der Waals surface area contributed by atoms with Gasteiger partial charge < -0.3 is 9.52 Å². The number of hydrogen-bond donors (Lipinski definition) is 1. The second-order valence-corrected chi connectivity index (χ2v) is 3.73. The Kier molecular flexibility index (Phi) is 2.57. The van der Waals surface area contributed by atoms with Gasteiger partial charge in [0.15, 0.2) is 0 Å². The van der Waals surface area contributed by atoms with Crippen LogP contribution in [0.4, 0.5) is 0 Å². The highest BCUT2D eigenvalue weighted by molar-refractivity contribution is 5.84. The molecule has 3 aromatic rings. The zero-order valence-electron chi connectivity index (χ0n) is 9.59. The van der Waals surface area contributed by atoms with Gasteiger partial charge in [-0.3, -0.25) is 4.98 Å². The van der Waals surface area contributed by atoms with Crippen molar-refractivity contribution >= 4 is 5.97 Å². The Bertz CT molecular complexity index is 717. The van der Waals surface area contributed by atoms with Gasteiger partial charge in [-0.15, -0.1) is 5.10 Å². The Labute approximate surface area is 107 Å². The molecule has 0 saturated heterocycles. The van der Waals surface area contributed by atoms with E-state index in [1.807, 2.05) is 6.07 Å². The van der Waals surface area contributed by atoms with Crippen molar-refractivity contribution in [2.24, 2.45) is 0 Å². The quantitative estimate of drug-likeness (QED) is 0.765. The molecule has 0 aliphatic heterocycles. The average molecular weight is 256 g/mol. The molecule has 0 aromatic carbocycles. The van der Waals surface area contributed by atoms with Crippen LogP contribution in [-0.2, 0) is 0 Å². The minimum Gasteiger partial charge on any atom is -0.475 e. The molecule has 0 radical (unpaired) electrons. The molecule has 19 heavy (non-hydrogen) atoms. The van der Waals surface area contributed by atoms with Crippen molar-refractivity contribution in [2.75, 3.05) is 0 Å². The molecule has 0 atom stereocenters. The first-order chi connectivity index (χ1) is 9.24. The van der Waals surface area contributed by atoms with E-state index in [2.05, 4.69) is 15.3 Å². The first kappa shape index (κ1) is 11.1. The number of hydrogen-bond acceptors (Lipinski definition) is 5. The van der Waals surface area contributed by atoms with Gasteiger partial charge >= 0.3 is 5.97 Å². The van der Waals surface area contributed by atoms with Crippen molar-refractivity contribution in [3.63, 3.8) is 0 Å². The number of carbonyl (C=O) groups is 1. The third kappa shape index (κ3) is 2.08. The molecule has 1 N–H and O–H groups in total. The Balaban J connectivity index is 1.94. The summed E-state index contributed by atoms with van der Waals surface area (Å²) in [6, 6.07) is 6.53. The van der Waals surface area contributed by atoms with Crippen LogP contribution in [0.25, 0.3) is 17.1 Å². The predicted molar refractivity (Wildman–Crippen MR) is 63.8 cm³/mol. The van der Waals surface area contributed by atoms with E-state index in [1.165, 1.54) is 16.8 Å². The SMILES string of the molecule is O=C(O)c1ccc(-n2cc(-c3cccnc3)nn2)o1. The minimum absolute atomic E-state index is 0.145. The largest absolute Gasteiger partial charge is 0.475 e. The lowest BCUT2D eigenvalue weighted by atomic mass is 10.2. The number of aromatic nitrogens is 4. The summed E-state index contributed by atoms with van der Waals surface area (Å²) in [5, 5.41) is 16.7. The van der Waals surface area contributed by atoms with Gasteiger partial charge in [-0.05, 0) is 18.2 Å². The smallest absolute Gasteiger partial charge is 0.371 e. The molecule has 7 nitrogen and oxygen atoms in total. The molecule has 3 aromatic heterocycles. The van der Waals surface area contributed by atoms with Gasteiger partial charge in [0.25, 0.3) is 0 Å². The maximum Gasteiger partial charge on any atom is 0.371 e. The van der Waals surface area contributed by atoms with Gasteiger partial charge in [-0.25, -0.2) is 4.79 Å². The summed E-state index contributed by atoms with van der Waals surface area (Å²) in [5.41, 5.74) is 1.44. The molecule has 0 aliphatic rings. The third-order valence-corrected chi connectivity index (χ3v) is 2.48. The second kappa shape index (κ2) is 4.37. The first-order valence-electron chi connectivity index (χ1n) is 5.40. The van der Waals surface area contributed by atoms with E-state index < -0.39 is 5.97 Å². The van der Waals surface area contributed by atoms with Gasteiger partial charge in [-0.2, -0.15) is 4.68 Å². The van der Waals surface area contributed by atoms with Crippen molar-refractivity contribution in [3.05, 3.63) is 48.6 Å². The number of carboxylic acid groups (broad SMARTS) is 1. The number of furan rings is 1. The van der Waals surface area contributed by atoms with Crippen LogP contribution in [0.15, 0.2) is 47.3 Å². The molecule has 0 bridgehead atoms. The zero-order chi connectivity index (χ0) is 13.2. The molecule has 0 fully saturated rings. The number of rotatable bonds is 3.